The van der Waals surface area contributed by atoms with Crippen molar-refractivity contribution in [1.29, 1.82) is 0 Å². The molecule has 0 unspecified atom stereocenters. The first kappa shape index (κ1) is 17.7. The molecule has 0 aliphatic heterocycles. The van der Waals surface area contributed by atoms with E-state index in [-0.39, 0.29) is 17.6 Å². The van der Waals surface area contributed by atoms with E-state index in [9.17, 15) is 4.79 Å². The van der Waals surface area contributed by atoms with Gasteiger partial charge in [0, 0.05) is 11.5 Å². The van der Waals surface area contributed by atoms with Crippen LogP contribution in [0.25, 0.3) is 0 Å². The number of anilines is 1. The number of hydrogen-bond acceptors (Lipinski definition) is 7. The molecule has 0 aliphatic carbocycles. The highest BCUT2D eigenvalue weighted by Gasteiger charge is 2.18. The average molecular weight is 312 g/mol. The third-order valence-electron chi connectivity index (χ3n) is 2.52. The lowest BCUT2D eigenvalue weighted by atomic mass is 10.2. The van der Waals surface area contributed by atoms with E-state index in [1.54, 1.807) is 0 Å². The van der Waals surface area contributed by atoms with Crippen LogP contribution in [0.15, 0.2) is 5.03 Å². The van der Waals surface area contributed by atoms with Gasteiger partial charge in [-0.3, -0.25) is 4.79 Å². The van der Waals surface area contributed by atoms with E-state index in [1.807, 2.05) is 41.5 Å². The van der Waals surface area contributed by atoms with E-state index in [1.165, 1.54) is 11.8 Å². The van der Waals surface area contributed by atoms with E-state index in [0.29, 0.717) is 11.6 Å². The first-order valence-electron chi connectivity index (χ1n) is 6.84. The maximum absolute atomic E-state index is 11.8. The number of nitrogen functional groups attached to an aromatic ring is 1. The molecule has 0 spiro atoms. The molecule has 0 radical (unpaired) electrons. The number of thioether (sulfide) groups is 1. The fourth-order valence-electron chi connectivity index (χ4n) is 1.55. The van der Waals surface area contributed by atoms with Gasteiger partial charge in [0.25, 0.3) is 0 Å². The van der Waals surface area contributed by atoms with E-state index in [2.05, 4.69) is 15.4 Å². The standard InChI is InChI=1S/C14H24N4O2S/c1-8(2)11-16-12(18-15)9(3)13(17-11)21-7-10(19)20-14(4,5)6/h8H,7,15H2,1-6H3,(H,16,17,18). The quantitative estimate of drug-likeness (QED) is 0.284. The number of esters is 1. The molecule has 0 saturated carbocycles. The summed E-state index contributed by atoms with van der Waals surface area (Å²) < 4.78 is 5.29. The Bertz CT molecular complexity index is 512. The minimum atomic E-state index is -0.481. The fraction of sp³-hybridized carbons (Fsp3) is 0.643. The van der Waals surface area contributed by atoms with Gasteiger partial charge in [-0.15, -0.1) is 0 Å². The number of ether oxygens (including phenoxy) is 1. The average Bonchev–Trinajstić information content (AvgIpc) is 2.35. The van der Waals surface area contributed by atoms with Gasteiger partial charge in [0.15, 0.2) is 0 Å². The molecular weight excluding hydrogens is 288 g/mol. The summed E-state index contributed by atoms with van der Waals surface area (Å²) in [4.78, 5) is 20.6. The molecule has 0 saturated heterocycles. The summed E-state index contributed by atoms with van der Waals surface area (Å²) in [5, 5.41) is 0.743. The molecule has 3 N–H and O–H groups in total. The van der Waals surface area contributed by atoms with Crippen molar-refractivity contribution < 1.29 is 9.53 Å². The van der Waals surface area contributed by atoms with Crippen molar-refractivity contribution in [2.75, 3.05) is 11.2 Å². The number of nitrogens with one attached hydrogen (secondary N) is 1. The van der Waals surface area contributed by atoms with E-state index < -0.39 is 5.60 Å². The Morgan fingerprint density at radius 2 is 2.00 bits per heavy atom. The molecule has 1 aromatic heterocycles. The Hall–Kier alpha value is -1.34. The zero-order valence-electron chi connectivity index (χ0n) is 13.5. The molecular formula is C14H24N4O2S. The van der Waals surface area contributed by atoms with Crippen LogP contribution >= 0.6 is 11.8 Å². The van der Waals surface area contributed by atoms with Gasteiger partial charge in [-0.1, -0.05) is 25.6 Å². The molecule has 1 aromatic rings. The Morgan fingerprint density at radius 3 is 2.48 bits per heavy atom. The third kappa shape index (κ3) is 5.51. The molecule has 0 aliphatic rings. The first-order valence-corrected chi connectivity index (χ1v) is 7.82. The SMILES string of the molecule is Cc1c(NN)nc(C(C)C)nc1SCC(=O)OC(C)(C)C. The second-order valence-electron chi connectivity index (χ2n) is 6.03. The lowest BCUT2D eigenvalue weighted by Gasteiger charge is -2.19. The maximum atomic E-state index is 11.8. The number of aromatic nitrogens is 2. The third-order valence-corrected chi connectivity index (χ3v) is 3.57. The number of carbonyl (C=O) groups is 1. The maximum Gasteiger partial charge on any atom is 0.316 e. The van der Waals surface area contributed by atoms with Crippen molar-refractivity contribution in [1.82, 2.24) is 9.97 Å². The summed E-state index contributed by atoms with van der Waals surface area (Å²) >= 11 is 1.34. The topological polar surface area (TPSA) is 90.1 Å². The summed E-state index contributed by atoms with van der Waals surface area (Å²) in [6.07, 6.45) is 0. The monoisotopic (exact) mass is 312 g/mol. The Labute approximate surface area is 130 Å². The fourth-order valence-corrected chi connectivity index (χ4v) is 2.33. The van der Waals surface area contributed by atoms with Crippen molar-refractivity contribution in [2.45, 2.75) is 58.1 Å². The molecule has 6 nitrogen and oxygen atoms in total. The van der Waals surface area contributed by atoms with Gasteiger partial charge in [-0.2, -0.15) is 0 Å². The van der Waals surface area contributed by atoms with Crippen LogP contribution in [0, 0.1) is 6.92 Å². The van der Waals surface area contributed by atoms with Crippen LogP contribution in [0.1, 0.15) is 51.9 Å². The number of hydrogen-bond donors (Lipinski definition) is 2. The van der Waals surface area contributed by atoms with Crippen molar-refractivity contribution in [3.8, 4) is 0 Å². The van der Waals surface area contributed by atoms with Crippen molar-refractivity contribution in [3.63, 3.8) is 0 Å². The summed E-state index contributed by atoms with van der Waals surface area (Å²) in [7, 11) is 0. The number of rotatable bonds is 5. The lowest BCUT2D eigenvalue weighted by molar-refractivity contribution is -0.151. The highest BCUT2D eigenvalue weighted by Crippen LogP contribution is 2.27. The second-order valence-corrected chi connectivity index (χ2v) is 7.00. The summed E-state index contributed by atoms with van der Waals surface area (Å²) in [5.41, 5.74) is 2.92. The largest absolute Gasteiger partial charge is 0.459 e. The minimum absolute atomic E-state index is 0.179. The summed E-state index contributed by atoms with van der Waals surface area (Å²) in [5.74, 6) is 6.88. The smallest absolute Gasteiger partial charge is 0.316 e. The van der Waals surface area contributed by atoms with Crippen LogP contribution in [-0.4, -0.2) is 27.3 Å². The van der Waals surface area contributed by atoms with Gasteiger partial charge in [0.2, 0.25) is 0 Å². The van der Waals surface area contributed by atoms with E-state index in [0.717, 1.165) is 10.6 Å². The summed E-state index contributed by atoms with van der Waals surface area (Å²) in [6.45, 7) is 11.4. The van der Waals surface area contributed by atoms with Gasteiger partial charge >= 0.3 is 5.97 Å². The molecule has 118 valence electrons. The van der Waals surface area contributed by atoms with Crippen molar-refractivity contribution in [3.05, 3.63) is 11.4 Å². The first-order chi connectivity index (χ1) is 9.64. The molecule has 0 atom stereocenters. The highest BCUT2D eigenvalue weighted by atomic mass is 32.2. The number of hydrazine groups is 1. The van der Waals surface area contributed by atoms with Gasteiger partial charge in [-0.25, -0.2) is 15.8 Å². The molecule has 7 heteroatoms. The predicted molar refractivity (Wildman–Crippen MR) is 85.2 cm³/mol. The van der Waals surface area contributed by atoms with Gasteiger partial charge in [0.05, 0.1) is 5.75 Å². The van der Waals surface area contributed by atoms with Crippen molar-refractivity contribution in [2.24, 2.45) is 5.84 Å². The zero-order valence-corrected chi connectivity index (χ0v) is 14.3. The van der Waals surface area contributed by atoms with Gasteiger partial charge < -0.3 is 10.2 Å². The van der Waals surface area contributed by atoms with Crippen LogP contribution in [0.4, 0.5) is 5.82 Å². The molecule has 1 rings (SSSR count). The number of nitrogens with zero attached hydrogens (tertiary/aromatic N) is 2. The van der Waals surface area contributed by atoms with E-state index in [4.69, 9.17) is 10.6 Å². The minimum Gasteiger partial charge on any atom is -0.459 e. The van der Waals surface area contributed by atoms with Crippen LogP contribution in [0.5, 0.6) is 0 Å². The normalized spacial score (nSPS) is 11.6. The Balaban J connectivity index is 2.87. The molecule has 0 fully saturated rings. The molecule has 0 bridgehead atoms. The lowest BCUT2D eigenvalue weighted by Crippen LogP contribution is -2.25. The molecule has 1 heterocycles. The number of nitrogens with two attached hydrogens (primary N) is 1. The molecule has 0 aromatic carbocycles. The van der Waals surface area contributed by atoms with Crippen LogP contribution in [0.2, 0.25) is 0 Å². The van der Waals surface area contributed by atoms with Crippen LogP contribution in [-0.2, 0) is 9.53 Å². The molecule has 0 amide bonds. The Kier molecular flexibility index (Phi) is 5.98. The van der Waals surface area contributed by atoms with E-state index >= 15 is 0 Å². The number of carbonyl (C=O) groups excluding carboxylic acids is 1. The van der Waals surface area contributed by atoms with Gasteiger partial charge in [-0.05, 0) is 27.7 Å². The predicted octanol–water partition coefficient (Wildman–Crippen LogP) is 2.63. The van der Waals surface area contributed by atoms with Gasteiger partial charge in [0.1, 0.15) is 22.3 Å². The summed E-state index contributed by atoms with van der Waals surface area (Å²) in [6, 6.07) is 0. The van der Waals surface area contributed by atoms with Crippen LogP contribution < -0.4 is 11.3 Å². The van der Waals surface area contributed by atoms with Crippen LogP contribution in [0.3, 0.4) is 0 Å². The van der Waals surface area contributed by atoms with Crippen molar-refractivity contribution >= 4 is 23.5 Å². The molecule has 21 heavy (non-hydrogen) atoms. The highest BCUT2D eigenvalue weighted by molar-refractivity contribution is 7.99. The Morgan fingerprint density at radius 1 is 1.38 bits per heavy atom. The second kappa shape index (κ2) is 7.09. The zero-order chi connectivity index (χ0) is 16.2.